The number of methoxy groups -OCH3 is 1. The SMILES string of the molecule is CCc1nc2ccc(Br)cc2c(=O)n1N=Cc1cc(OC)c(OCC(=O)Nc2ccccc2C)cc1Br. The summed E-state index contributed by atoms with van der Waals surface area (Å²) in [5.41, 5.74) is 2.69. The van der Waals surface area contributed by atoms with E-state index in [4.69, 9.17) is 9.47 Å². The molecule has 0 unspecified atom stereocenters. The molecule has 1 heterocycles. The van der Waals surface area contributed by atoms with Crippen LogP contribution in [-0.2, 0) is 11.2 Å². The normalized spacial score (nSPS) is 11.2. The molecule has 0 aliphatic heterocycles. The quantitative estimate of drug-likeness (QED) is 0.253. The van der Waals surface area contributed by atoms with Crippen molar-refractivity contribution in [2.24, 2.45) is 5.10 Å². The molecule has 190 valence electrons. The molecule has 1 aromatic heterocycles. The standard InChI is InChI=1S/C27H24Br2N4O4/c1-4-25-31-22-10-9-18(28)12-19(22)27(35)33(25)30-14-17-11-23(36-3)24(13-20(17)29)37-15-26(34)32-21-8-6-5-7-16(21)2/h5-14H,4,15H2,1-3H3,(H,32,34). The highest BCUT2D eigenvalue weighted by Crippen LogP contribution is 2.33. The highest BCUT2D eigenvalue weighted by molar-refractivity contribution is 9.10. The van der Waals surface area contributed by atoms with E-state index in [2.05, 4.69) is 47.3 Å². The molecule has 10 heteroatoms. The highest BCUT2D eigenvalue weighted by Gasteiger charge is 2.14. The average molecular weight is 628 g/mol. The number of aromatic nitrogens is 2. The molecule has 1 amide bonds. The van der Waals surface area contributed by atoms with Gasteiger partial charge in [0, 0.05) is 26.6 Å². The largest absolute Gasteiger partial charge is 0.493 e. The Kier molecular flexibility index (Phi) is 8.40. The molecule has 37 heavy (non-hydrogen) atoms. The van der Waals surface area contributed by atoms with Crippen LogP contribution in [0.5, 0.6) is 11.5 Å². The Balaban J connectivity index is 1.57. The molecule has 0 saturated carbocycles. The van der Waals surface area contributed by atoms with Gasteiger partial charge in [0.25, 0.3) is 11.5 Å². The fraction of sp³-hybridized carbons (Fsp3) is 0.185. The lowest BCUT2D eigenvalue weighted by Gasteiger charge is -2.13. The van der Waals surface area contributed by atoms with Crippen molar-refractivity contribution in [3.8, 4) is 11.5 Å². The minimum atomic E-state index is -0.292. The number of anilines is 1. The van der Waals surface area contributed by atoms with E-state index in [1.165, 1.54) is 11.8 Å². The maximum atomic E-state index is 13.1. The van der Waals surface area contributed by atoms with Gasteiger partial charge >= 0.3 is 0 Å². The Morgan fingerprint density at radius 2 is 1.92 bits per heavy atom. The lowest BCUT2D eigenvalue weighted by molar-refractivity contribution is -0.118. The number of nitrogens with one attached hydrogen (secondary N) is 1. The molecule has 3 aromatic carbocycles. The van der Waals surface area contributed by atoms with Crippen molar-refractivity contribution in [2.75, 3.05) is 19.0 Å². The zero-order chi connectivity index (χ0) is 26.5. The molecule has 0 saturated heterocycles. The van der Waals surface area contributed by atoms with Gasteiger partial charge in [-0.1, -0.05) is 41.1 Å². The Bertz CT molecular complexity index is 1570. The first-order valence-electron chi connectivity index (χ1n) is 11.4. The number of aryl methyl sites for hydroxylation is 2. The fourth-order valence-electron chi connectivity index (χ4n) is 3.63. The second kappa shape index (κ2) is 11.7. The van der Waals surface area contributed by atoms with E-state index in [0.29, 0.717) is 44.7 Å². The predicted octanol–water partition coefficient (Wildman–Crippen LogP) is 5.70. The van der Waals surface area contributed by atoms with E-state index in [9.17, 15) is 9.59 Å². The van der Waals surface area contributed by atoms with Gasteiger partial charge in [-0.05, 0) is 64.8 Å². The number of para-hydroxylation sites is 1. The molecule has 4 rings (SSSR count). The second-order valence-corrected chi connectivity index (χ2v) is 9.85. The topological polar surface area (TPSA) is 94.8 Å². The minimum absolute atomic E-state index is 0.196. The van der Waals surface area contributed by atoms with Crippen LogP contribution in [0.4, 0.5) is 5.69 Å². The van der Waals surface area contributed by atoms with Crippen LogP contribution >= 0.6 is 31.9 Å². The Morgan fingerprint density at radius 1 is 1.14 bits per heavy atom. The number of amides is 1. The predicted molar refractivity (Wildman–Crippen MR) is 152 cm³/mol. The van der Waals surface area contributed by atoms with Gasteiger partial charge < -0.3 is 14.8 Å². The lowest BCUT2D eigenvalue weighted by atomic mass is 10.2. The van der Waals surface area contributed by atoms with E-state index in [1.54, 1.807) is 30.5 Å². The summed E-state index contributed by atoms with van der Waals surface area (Å²) in [5.74, 6) is 1.05. The van der Waals surface area contributed by atoms with E-state index < -0.39 is 0 Å². The Morgan fingerprint density at radius 3 is 2.65 bits per heavy atom. The fourth-order valence-corrected chi connectivity index (χ4v) is 4.41. The number of fused-ring (bicyclic) bond motifs is 1. The molecular weight excluding hydrogens is 604 g/mol. The number of nitrogens with zero attached hydrogens (tertiary/aromatic N) is 3. The molecular formula is C27H24Br2N4O4. The first-order valence-corrected chi connectivity index (χ1v) is 13.0. The van der Waals surface area contributed by atoms with Crippen LogP contribution in [0.3, 0.4) is 0 Å². The molecule has 0 atom stereocenters. The highest BCUT2D eigenvalue weighted by atomic mass is 79.9. The molecule has 1 N–H and O–H groups in total. The number of carbonyl (C=O) groups is 1. The third kappa shape index (κ3) is 6.08. The molecule has 4 aromatic rings. The number of ether oxygens (including phenoxy) is 2. The van der Waals surface area contributed by atoms with Crippen molar-refractivity contribution in [1.29, 1.82) is 0 Å². The van der Waals surface area contributed by atoms with Gasteiger partial charge in [0.1, 0.15) is 5.82 Å². The summed E-state index contributed by atoms with van der Waals surface area (Å²) >= 11 is 6.93. The Labute approximate surface area is 230 Å². The van der Waals surface area contributed by atoms with Gasteiger partial charge in [-0.2, -0.15) is 9.78 Å². The minimum Gasteiger partial charge on any atom is -0.493 e. The van der Waals surface area contributed by atoms with Crippen molar-refractivity contribution in [3.05, 3.63) is 90.8 Å². The Hall–Kier alpha value is -3.50. The van der Waals surface area contributed by atoms with Crippen molar-refractivity contribution < 1.29 is 14.3 Å². The number of hydrogen-bond donors (Lipinski definition) is 1. The number of carbonyl (C=O) groups excluding carboxylic acids is 1. The zero-order valence-electron chi connectivity index (χ0n) is 20.4. The van der Waals surface area contributed by atoms with Crippen LogP contribution in [0.25, 0.3) is 10.9 Å². The van der Waals surface area contributed by atoms with Gasteiger partial charge in [0.2, 0.25) is 0 Å². The molecule has 0 radical (unpaired) electrons. The second-order valence-electron chi connectivity index (χ2n) is 8.08. The first-order chi connectivity index (χ1) is 17.8. The van der Waals surface area contributed by atoms with Crippen LogP contribution in [0, 0.1) is 6.92 Å². The number of benzene rings is 3. The van der Waals surface area contributed by atoms with Gasteiger partial charge in [-0.25, -0.2) is 4.98 Å². The lowest BCUT2D eigenvalue weighted by Crippen LogP contribution is -2.22. The summed E-state index contributed by atoms with van der Waals surface area (Å²) < 4.78 is 13.9. The van der Waals surface area contributed by atoms with Crippen LogP contribution in [0.2, 0.25) is 0 Å². The van der Waals surface area contributed by atoms with E-state index in [1.807, 2.05) is 44.2 Å². The maximum absolute atomic E-state index is 13.1. The number of hydrogen-bond acceptors (Lipinski definition) is 6. The monoisotopic (exact) mass is 626 g/mol. The van der Waals surface area contributed by atoms with E-state index in [-0.39, 0.29) is 18.1 Å². The molecule has 8 nitrogen and oxygen atoms in total. The van der Waals surface area contributed by atoms with Gasteiger partial charge in [0.15, 0.2) is 18.1 Å². The van der Waals surface area contributed by atoms with Crippen LogP contribution in [0.1, 0.15) is 23.9 Å². The van der Waals surface area contributed by atoms with Crippen LogP contribution in [0.15, 0.2) is 73.4 Å². The molecule has 0 aliphatic carbocycles. The van der Waals surface area contributed by atoms with Crippen LogP contribution in [-0.4, -0.2) is 35.5 Å². The number of rotatable bonds is 8. The molecule has 0 bridgehead atoms. The van der Waals surface area contributed by atoms with Crippen molar-refractivity contribution in [3.63, 3.8) is 0 Å². The summed E-state index contributed by atoms with van der Waals surface area (Å²) in [6.07, 6.45) is 2.08. The van der Waals surface area contributed by atoms with Gasteiger partial charge in [-0.3, -0.25) is 9.59 Å². The van der Waals surface area contributed by atoms with E-state index in [0.717, 1.165) is 15.7 Å². The maximum Gasteiger partial charge on any atom is 0.282 e. The molecule has 0 spiro atoms. The van der Waals surface area contributed by atoms with Crippen molar-refractivity contribution in [1.82, 2.24) is 9.66 Å². The average Bonchev–Trinajstić information content (AvgIpc) is 2.89. The van der Waals surface area contributed by atoms with Crippen LogP contribution < -0.4 is 20.3 Å². The summed E-state index contributed by atoms with van der Waals surface area (Å²) in [6.45, 7) is 3.64. The summed E-state index contributed by atoms with van der Waals surface area (Å²) in [7, 11) is 1.51. The van der Waals surface area contributed by atoms with Crippen molar-refractivity contribution >= 4 is 60.6 Å². The van der Waals surface area contributed by atoms with Gasteiger partial charge in [-0.15, -0.1) is 0 Å². The third-order valence-corrected chi connectivity index (χ3v) is 6.74. The third-order valence-electron chi connectivity index (χ3n) is 5.56. The van der Waals surface area contributed by atoms with E-state index >= 15 is 0 Å². The number of halogens is 2. The smallest absolute Gasteiger partial charge is 0.282 e. The van der Waals surface area contributed by atoms with Gasteiger partial charge in [0.05, 0.1) is 24.2 Å². The summed E-state index contributed by atoms with van der Waals surface area (Å²) in [5, 5.41) is 7.73. The zero-order valence-corrected chi connectivity index (χ0v) is 23.6. The molecule has 0 fully saturated rings. The molecule has 0 aliphatic rings. The van der Waals surface area contributed by atoms with Crippen molar-refractivity contribution in [2.45, 2.75) is 20.3 Å². The first kappa shape index (κ1) is 26.6. The summed E-state index contributed by atoms with van der Waals surface area (Å²) in [4.78, 5) is 30.1. The summed E-state index contributed by atoms with van der Waals surface area (Å²) in [6, 6.07) is 16.3.